The third-order valence-corrected chi connectivity index (χ3v) is 1.66. The Morgan fingerprint density at radius 3 is 2.42 bits per heavy atom. The van der Waals surface area contributed by atoms with Crippen molar-refractivity contribution in [1.29, 1.82) is 0 Å². The molecule has 0 saturated carbocycles. The maximum Gasteiger partial charge on any atom is 0.224 e. The molecule has 0 aliphatic rings. The van der Waals surface area contributed by atoms with Crippen molar-refractivity contribution in [3.8, 4) is 0 Å². The quantitative estimate of drug-likeness (QED) is 0.479. The maximum absolute atomic E-state index is 10.9. The van der Waals surface area contributed by atoms with E-state index in [0.717, 1.165) is 10.4 Å². The van der Waals surface area contributed by atoms with Gasteiger partial charge in [0.05, 0.1) is 5.69 Å². The van der Waals surface area contributed by atoms with E-state index < -0.39 is 0 Å². The maximum atomic E-state index is 10.9. The van der Waals surface area contributed by atoms with Gasteiger partial charge < -0.3 is 4.90 Å². The van der Waals surface area contributed by atoms with E-state index in [1.54, 1.807) is 19.2 Å². The number of anilines is 1. The third-order valence-electron chi connectivity index (χ3n) is 1.66. The number of rotatable bonds is 1. The van der Waals surface area contributed by atoms with Crippen molar-refractivity contribution in [1.82, 2.24) is 0 Å². The smallest absolute Gasteiger partial charge is 0.224 e. The first-order valence-electron chi connectivity index (χ1n) is 3.56. The van der Waals surface area contributed by atoms with E-state index in [-0.39, 0.29) is 5.91 Å². The van der Waals surface area contributed by atoms with Crippen LogP contribution in [0.1, 0.15) is 6.92 Å². The van der Waals surface area contributed by atoms with Crippen molar-refractivity contribution < 1.29 is 14.7 Å². The molecule has 1 heterocycles. The van der Waals surface area contributed by atoms with E-state index in [1.165, 1.54) is 24.2 Å². The topological polar surface area (TPSA) is 44.4 Å². The van der Waals surface area contributed by atoms with Crippen molar-refractivity contribution in [2.45, 2.75) is 6.92 Å². The highest BCUT2D eigenvalue weighted by Crippen LogP contribution is 2.08. The van der Waals surface area contributed by atoms with Gasteiger partial charge in [-0.2, -0.15) is 0 Å². The van der Waals surface area contributed by atoms with Gasteiger partial charge in [-0.1, -0.05) is 0 Å². The van der Waals surface area contributed by atoms with E-state index in [1.807, 2.05) is 0 Å². The summed E-state index contributed by atoms with van der Waals surface area (Å²) in [5.41, 5.74) is 0.757. The molecular formula is C8H11N2O2+. The molecule has 0 saturated heterocycles. The molecule has 0 bridgehead atoms. The minimum absolute atomic E-state index is 0.0364. The van der Waals surface area contributed by atoms with Crippen LogP contribution in [0.15, 0.2) is 24.5 Å². The van der Waals surface area contributed by atoms with Gasteiger partial charge in [0.2, 0.25) is 18.3 Å². The highest BCUT2D eigenvalue weighted by molar-refractivity contribution is 5.90. The monoisotopic (exact) mass is 167 g/mol. The number of carbonyl (C=O) groups excluding carboxylic acids is 1. The lowest BCUT2D eigenvalue weighted by Gasteiger charge is -2.12. The Morgan fingerprint density at radius 1 is 1.50 bits per heavy atom. The minimum Gasteiger partial charge on any atom is -0.315 e. The first-order valence-corrected chi connectivity index (χ1v) is 3.56. The fraction of sp³-hybridized carbons (Fsp3) is 0.250. The number of aromatic nitrogens is 1. The van der Waals surface area contributed by atoms with E-state index in [4.69, 9.17) is 5.21 Å². The van der Waals surface area contributed by atoms with Crippen LogP contribution in [0, 0.1) is 0 Å². The highest BCUT2D eigenvalue weighted by Gasteiger charge is 2.06. The highest BCUT2D eigenvalue weighted by atomic mass is 16.5. The van der Waals surface area contributed by atoms with Crippen LogP contribution in [0.2, 0.25) is 0 Å². The van der Waals surface area contributed by atoms with Gasteiger partial charge in [0.25, 0.3) is 0 Å². The summed E-state index contributed by atoms with van der Waals surface area (Å²) in [5, 5.41) is 8.89. The lowest BCUT2D eigenvalue weighted by atomic mass is 10.4. The van der Waals surface area contributed by atoms with E-state index in [2.05, 4.69) is 0 Å². The van der Waals surface area contributed by atoms with E-state index >= 15 is 0 Å². The summed E-state index contributed by atoms with van der Waals surface area (Å²) in [6.45, 7) is 1.49. The molecule has 0 spiro atoms. The molecule has 0 aliphatic heterocycles. The standard InChI is InChI=1S/C8H11N2O2/c1-7(11)9(2)8-3-5-10(12)6-4-8/h3-6,12H,1-2H3/q+1. The average molecular weight is 167 g/mol. The molecule has 0 aliphatic carbocycles. The van der Waals surface area contributed by atoms with Crippen molar-refractivity contribution in [3.05, 3.63) is 24.5 Å². The summed E-state index contributed by atoms with van der Waals surface area (Å²) in [6.07, 6.45) is 2.93. The summed E-state index contributed by atoms with van der Waals surface area (Å²) >= 11 is 0. The normalized spacial score (nSPS) is 9.50. The zero-order chi connectivity index (χ0) is 9.14. The molecule has 4 nitrogen and oxygen atoms in total. The van der Waals surface area contributed by atoms with Gasteiger partial charge in [0.1, 0.15) is 0 Å². The largest absolute Gasteiger partial charge is 0.315 e. The van der Waals surface area contributed by atoms with Crippen LogP contribution in [0.4, 0.5) is 5.69 Å². The summed E-state index contributed by atoms with van der Waals surface area (Å²) in [7, 11) is 1.68. The zero-order valence-electron chi connectivity index (χ0n) is 7.06. The van der Waals surface area contributed by atoms with Crippen LogP contribution in [-0.4, -0.2) is 18.2 Å². The Hall–Kier alpha value is -1.58. The molecule has 1 N–H and O–H groups in total. The van der Waals surface area contributed by atoms with Crippen molar-refractivity contribution in [2.24, 2.45) is 0 Å². The van der Waals surface area contributed by atoms with Crippen LogP contribution in [0.3, 0.4) is 0 Å². The summed E-state index contributed by atoms with van der Waals surface area (Å²) in [4.78, 5) is 12.4. The number of hydrogen-bond acceptors (Lipinski definition) is 2. The first-order chi connectivity index (χ1) is 5.61. The number of nitrogens with zero attached hydrogens (tertiary/aromatic N) is 2. The average Bonchev–Trinajstić information content (AvgIpc) is 2.04. The van der Waals surface area contributed by atoms with E-state index in [0.29, 0.717) is 0 Å². The number of hydrogen-bond donors (Lipinski definition) is 1. The van der Waals surface area contributed by atoms with Crippen molar-refractivity contribution in [3.63, 3.8) is 0 Å². The Bertz CT molecular complexity index is 282. The molecule has 1 amide bonds. The summed E-state index contributed by atoms with van der Waals surface area (Å²) in [6, 6.07) is 3.31. The molecular weight excluding hydrogens is 156 g/mol. The molecule has 0 radical (unpaired) electrons. The molecule has 1 rings (SSSR count). The Kier molecular flexibility index (Phi) is 2.28. The molecule has 0 fully saturated rings. The van der Waals surface area contributed by atoms with Crippen LogP contribution in [0.5, 0.6) is 0 Å². The van der Waals surface area contributed by atoms with Gasteiger partial charge in [-0.25, -0.2) is 0 Å². The molecule has 0 aromatic carbocycles. The molecule has 1 aromatic rings. The van der Waals surface area contributed by atoms with Gasteiger partial charge in [0, 0.05) is 30.8 Å². The van der Waals surface area contributed by atoms with Crippen LogP contribution in [-0.2, 0) is 4.79 Å². The molecule has 12 heavy (non-hydrogen) atoms. The van der Waals surface area contributed by atoms with Crippen LogP contribution in [0.25, 0.3) is 0 Å². The molecule has 0 unspecified atom stereocenters. The molecule has 1 aromatic heterocycles. The summed E-state index contributed by atoms with van der Waals surface area (Å²) < 4.78 is 0.928. The van der Waals surface area contributed by atoms with Crippen molar-refractivity contribution >= 4 is 11.6 Å². The number of pyridine rings is 1. The predicted octanol–water partition coefficient (Wildman–Crippen LogP) is 0.194. The first kappa shape index (κ1) is 8.52. The molecule has 0 atom stereocenters. The summed E-state index contributed by atoms with van der Waals surface area (Å²) in [5.74, 6) is -0.0364. The Morgan fingerprint density at radius 2 is 2.00 bits per heavy atom. The lowest BCUT2D eigenvalue weighted by molar-refractivity contribution is -0.904. The Balaban J connectivity index is 2.89. The van der Waals surface area contributed by atoms with Crippen LogP contribution < -0.4 is 9.63 Å². The third kappa shape index (κ3) is 1.72. The molecule has 4 heteroatoms. The second-order valence-corrected chi connectivity index (χ2v) is 2.51. The van der Waals surface area contributed by atoms with Crippen LogP contribution >= 0.6 is 0 Å². The minimum atomic E-state index is -0.0364. The SMILES string of the molecule is CC(=O)N(C)c1cc[n+](O)cc1. The van der Waals surface area contributed by atoms with Gasteiger partial charge in [0.15, 0.2) is 0 Å². The second-order valence-electron chi connectivity index (χ2n) is 2.51. The number of amides is 1. The number of carbonyl (C=O) groups is 1. The van der Waals surface area contributed by atoms with Gasteiger partial charge >= 0.3 is 0 Å². The Labute approximate surface area is 70.6 Å². The van der Waals surface area contributed by atoms with Gasteiger partial charge in [-0.3, -0.25) is 10.0 Å². The molecule has 64 valence electrons. The predicted molar refractivity (Wildman–Crippen MR) is 42.9 cm³/mol. The lowest BCUT2D eigenvalue weighted by Crippen LogP contribution is -2.30. The van der Waals surface area contributed by atoms with E-state index in [9.17, 15) is 4.79 Å². The zero-order valence-corrected chi connectivity index (χ0v) is 7.06. The fourth-order valence-electron chi connectivity index (χ4n) is 0.816. The second kappa shape index (κ2) is 3.21. The van der Waals surface area contributed by atoms with Crippen molar-refractivity contribution in [2.75, 3.05) is 11.9 Å². The fourth-order valence-corrected chi connectivity index (χ4v) is 0.816. The van der Waals surface area contributed by atoms with Gasteiger partial charge in [-0.05, 0) is 0 Å². The van der Waals surface area contributed by atoms with Gasteiger partial charge in [-0.15, -0.1) is 0 Å².